The molecule has 2 N–H and O–H groups in total. The second-order valence-corrected chi connectivity index (χ2v) is 5.01. The highest BCUT2D eigenvalue weighted by Gasteiger charge is 2.09. The lowest BCUT2D eigenvalue weighted by atomic mass is 10.1. The van der Waals surface area contributed by atoms with E-state index in [1.165, 1.54) is 4.57 Å². The highest BCUT2D eigenvalue weighted by Crippen LogP contribution is 2.22. The molecule has 0 aliphatic rings. The van der Waals surface area contributed by atoms with Crippen molar-refractivity contribution in [1.82, 2.24) is 19.5 Å². The van der Waals surface area contributed by atoms with Gasteiger partial charge in [0.15, 0.2) is 5.65 Å². The number of imidazole rings is 1. The maximum Gasteiger partial charge on any atom is 0.327 e. The second-order valence-electron chi connectivity index (χ2n) is 4.62. The number of H-pyrrole nitrogens is 1. The van der Waals surface area contributed by atoms with Crippen LogP contribution in [0.5, 0.6) is 0 Å². The van der Waals surface area contributed by atoms with Gasteiger partial charge in [-0.15, -0.1) is 0 Å². The number of pyridine rings is 2. The van der Waals surface area contributed by atoms with Crippen molar-refractivity contribution in [2.75, 3.05) is 6.61 Å². The standard InChI is InChI=1S/C14H13ClN4O2/c15-12-7-9(2-3-16-12)10-6-11-13(17-8-10)19(4-1-5-20)14(21)18-11/h2-3,6-8,20H,1,4-5H2,(H,18,21). The Morgan fingerprint density at radius 1 is 1.29 bits per heavy atom. The van der Waals surface area contributed by atoms with Crippen molar-refractivity contribution in [3.8, 4) is 11.1 Å². The number of aryl methyl sites for hydroxylation is 1. The molecule has 0 aromatic carbocycles. The van der Waals surface area contributed by atoms with Gasteiger partial charge in [-0.2, -0.15) is 0 Å². The Morgan fingerprint density at radius 3 is 2.90 bits per heavy atom. The zero-order valence-electron chi connectivity index (χ0n) is 11.1. The number of halogens is 1. The van der Waals surface area contributed by atoms with Crippen LogP contribution >= 0.6 is 11.6 Å². The van der Waals surface area contributed by atoms with Crippen molar-refractivity contribution in [2.24, 2.45) is 0 Å². The molecule has 3 rings (SSSR count). The van der Waals surface area contributed by atoms with Gasteiger partial charge in [0.25, 0.3) is 0 Å². The average molecular weight is 305 g/mol. The van der Waals surface area contributed by atoms with Crippen LogP contribution in [0.25, 0.3) is 22.3 Å². The number of nitrogens with zero attached hydrogens (tertiary/aromatic N) is 3. The first-order valence-corrected chi connectivity index (χ1v) is 6.88. The van der Waals surface area contributed by atoms with Crippen LogP contribution in [0.3, 0.4) is 0 Å². The molecule has 0 bridgehead atoms. The Bertz CT molecular complexity index is 840. The van der Waals surface area contributed by atoms with Gasteiger partial charge in [-0.3, -0.25) is 4.57 Å². The van der Waals surface area contributed by atoms with E-state index in [0.29, 0.717) is 29.3 Å². The van der Waals surface area contributed by atoms with E-state index >= 15 is 0 Å². The molecule has 3 aromatic rings. The monoisotopic (exact) mass is 304 g/mol. The van der Waals surface area contributed by atoms with Crippen LogP contribution < -0.4 is 5.69 Å². The normalized spacial score (nSPS) is 11.1. The molecule has 0 radical (unpaired) electrons. The molecule has 0 aliphatic carbocycles. The summed E-state index contributed by atoms with van der Waals surface area (Å²) < 4.78 is 1.52. The SMILES string of the molecule is O=c1[nH]c2cc(-c3ccnc(Cl)c3)cnc2n1CCCO. The first kappa shape index (κ1) is 13.8. The van der Waals surface area contributed by atoms with Gasteiger partial charge in [0.2, 0.25) is 0 Å². The van der Waals surface area contributed by atoms with Crippen LogP contribution in [0.2, 0.25) is 5.15 Å². The average Bonchev–Trinajstić information content (AvgIpc) is 2.79. The minimum atomic E-state index is -0.226. The Balaban J connectivity index is 2.07. The third kappa shape index (κ3) is 2.68. The fourth-order valence-electron chi connectivity index (χ4n) is 2.22. The minimum absolute atomic E-state index is 0.0344. The molecule has 0 amide bonds. The summed E-state index contributed by atoms with van der Waals surface area (Å²) in [6, 6.07) is 5.42. The predicted octanol–water partition coefficient (Wildman–Crippen LogP) is 1.82. The van der Waals surface area contributed by atoms with E-state index in [9.17, 15) is 4.79 Å². The molecule has 7 heteroatoms. The summed E-state index contributed by atoms with van der Waals surface area (Å²) in [5, 5.41) is 9.29. The van der Waals surface area contributed by atoms with Crippen LogP contribution in [0.1, 0.15) is 6.42 Å². The largest absolute Gasteiger partial charge is 0.396 e. The number of nitrogens with one attached hydrogen (secondary N) is 1. The summed E-state index contributed by atoms with van der Waals surface area (Å²) in [5.74, 6) is 0. The Labute approximate surface area is 125 Å². The third-order valence-corrected chi connectivity index (χ3v) is 3.42. The van der Waals surface area contributed by atoms with Crippen molar-refractivity contribution >= 4 is 22.8 Å². The summed E-state index contributed by atoms with van der Waals surface area (Å²) in [7, 11) is 0. The van der Waals surface area contributed by atoms with Crippen LogP contribution in [-0.2, 0) is 6.54 Å². The molecule has 3 aromatic heterocycles. The van der Waals surface area contributed by atoms with E-state index in [-0.39, 0.29) is 12.3 Å². The molecular weight excluding hydrogens is 292 g/mol. The summed E-state index contributed by atoms with van der Waals surface area (Å²) in [4.78, 5) is 23.0. The van der Waals surface area contributed by atoms with E-state index < -0.39 is 0 Å². The maximum absolute atomic E-state index is 11.9. The fourth-order valence-corrected chi connectivity index (χ4v) is 2.39. The fraction of sp³-hybridized carbons (Fsp3) is 0.214. The third-order valence-electron chi connectivity index (χ3n) is 3.21. The first-order valence-electron chi connectivity index (χ1n) is 6.50. The van der Waals surface area contributed by atoms with Gasteiger partial charge in [-0.05, 0) is 30.2 Å². The van der Waals surface area contributed by atoms with E-state index in [2.05, 4.69) is 15.0 Å². The van der Waals surface area contributed by atoms with Gasteiger partial charge in [0, 0.05) is 31.1 Å². The van der Waals surface area contributed by atoms with Crippen molar-refractivity contribution in [3.63, 3.8) is 0 Å². The smallest absolute Gasteiger partial charge is 0.327 e. The molecule has 6 nitrogen and oxygen atoms in total. The van der Waals surface area contributed by atoms with E-state index in [1.807, 2.05) is 12.1 Å². The zero-order chi connectivity index (χ0) is 14.8. The van der Waals surface area contributed by atoms with Gasteiger partial charge < -0.3 is 10.1 Å². The summed E-state index contributed by atoms with van der Waals surface area (Å²) in [6.07, 6.45) is 3.82. The van der Waals surface area contributed by atoms with Crippen LogP contribution in [0.4, 0.5) is 0 Å². The van der Waals surface area contributed by atoms with Crippen LogP contribution in [0, 0.1) is 0 Å². The molecule has 21 heavy (non-hydrogen) atoms. The quantitative estimate of drug-likeness (QED) is 0.720. The van der Waals surface area contributed by atoms with E-state index in [0.717, 1.165) is 11.1 Å². The minimum Gasteiger partial charge on any atom is -0.396 e. The van der Waals surface area contributed by atoms with Crippen LogP contribution in [0.15, 0.2) is 35.4 Å². The Hall–Kier alpha value is -2.18. The lowest BCUT2D eigenvalue weighted by Gasteiger charge is -2.03. The molecule has 0 spiro atoms. The number of hydrogen-bond acceptors (Lipinski definition) is 4. The number of hydrogen-bond donors (Lipinski definition) is 2. The van der Waals surface area contributed by atoms with Gasteiger partial charge >= 0.3 is 5.69 Å². The number of aromatic amines is 1. The van der Waals surface area contributed by atoms with Crippen molar-refractivity contribution in [2.45, 2.75) is 13.0 Å². The highest BCUT2D eigenvalue weighted by atomic mass is 35.5. The van der Waals surface area contributed by atoms with Crippen LogP contribution in [-0.4, -0.2) is 31.2 Å². The van der Waals surface area contributed by atoms with Gasteiger partial charge in [-0.1, -0.05) is 11.6 Å². The number of aliphatic hydroxyl groups excluding tert-OH is 1. The Kier molecular flexibility index (Phi) is 3.72. The van der Waals surface area contributed by atoms with Crippen molar-refractivity contribution in [1.29, 1.82) is 0 Å². The first-order chi connectivity index (χ1) is 10.2. The second kappa shape index (κ2) is 5.67. The van der Waals surface area contributed by atoms with Crippen molar-refractivity contribution < 1.29 is 5.11 Å². The summed E-state index contributed by atoms with van der Waals surface area (Å²) in [5.41, 5.74) is 2.74. The predicted molar refractivity (Wildman–Crippen MR) is 80.3 cm³/mol. The Morgan fingerprint density at radius 2 is 2.14 bits per heavy atom. The zero-order valence-corrected chi connectivity index (χ0v) is 11.8. The van der Waals surface area contributed by atoms with Gasteiger partial charge in [-0.25, -0.2) is 14.8 Å². The van der Waals surface area contributed by atoms with Gasteiger partial charge in [0.05, 0.1) is 5.52 Å². The summed E-state index contributed by atoms with van der Waals surface area (Å²) >= 11 is 5.88. The van der Waals surface area contributed by atoms with E-state index in [1.54, 1.807) is 18.5 Å². The van der Waals surface area contributed by atoms with Gasteiger partial charge in [0.1, 0.15) is 5.15 Å². The molecule has 0 unspecified atom stereocenters. The topological polar surface area (TPSA) is 83.8 Å². The molecule has 0 saturated heterocycles. The lowest BCUT2D eigenvalue weighted by Crippen LogP contribution is -2.17. The molecule has 3 heterocycles. The van der Waals surface area contributed by atoms with E-state index in [4.69, 9.17) is 16.7 Å². The molecule has 0 fully saturated rings. The number of rotatable bonds is 4. The molecule has 0 aliphatic heterocycles. The molecule has 0 saturated carbocycles. The van der Waals surface area contributed by atoms with Crippen molar-refractivity contribution in [3.05, 3.63) is 46.2 Å². The highest BCUT2D eigenvalue weighted by molar-refractivity contribution is 6.29. The number of fused-ring (bicyclic) bond motifs is 1. The summed E-state index contributed by atoms with van der Waals surface area (Å²) in [6.45, 7) is 0.468. The molecular formula is C14H13ClN4O2. The number of aromatic nitrogens is 4. The lowest BCUT2D eigenvalue weighted by molar-refractivity contribution is 0.280. The maximum atomic E-state index is 11.9. The number of aliphatic hydroxyl groups is 1. The molecule has 108 valence electrons. The molecule has 0 atom stereocenters.